The molecule has 262 valence electrons. The lowest BCUT2D eigenvalue weighted by Gasteiger charge is -2.48. The molecule has 0 aromatic heterocycles. The lowest BCUT2D eigenvalue weighted by Crippen LogP contribution is -2.55. The van der Waals surface area contributed by atoms with Gasteiger partial charge in [0.1, 0.15) is 12.2 Å². The normalized spacial score (nSPS) is 22.0. The quantitative estimate of drug-likeness (QED) is 0.0731. The van der Waals surface area contributed by atoms with E-state index in [2.05, 4.69) is 37.3 Å². The zero-order chi connectivity index (χ0) is 34.4. The fraction of sp³-hybridized carbons (Fsp3) is 0.575. The van der Waals surface area contributed by atoms with Crippen molar-refractivity contribution in [3.63, 3.8) is 0 Å². The van der Waals surface area contributed by atoms with Crippen molar-refractivity contribution in [2.24, 2.45) is 11.8 Å². The molecule has 0 radical (unpaired) electrons. The van der Waals surface area contributed by atoms with Crippen LogP contribution < -0.4 is 0 Å². The maximum Gasteiger partial charge on any atom is 0.305 e. The Hall–Kier alpha value is -3.49. The van der Waals surface area contributed by atoms with Gasteiger partial charge in [-0.05, 0) is 42.9 Å². The number of unbranched alkanes of at least 4 members (excludes halogenated alkanes) is 6. The number of hydrogen-bond donors (Lipinski definition) is 0. The molecular weight excluding hydrogens is 608 g/mol. The number of ether oxygens (including phenoxy) is 5. The second kappa shape index (κ2) is 18.3. The molecule has 0 amide bonds. The van der Waals surface area contributed by atoms with Crippen LogP contribution in [0, 0.1) is 11.8 Å². The first-order valence-corrected chi connectivity index (χ1v) is 17.7. The van der Waals surface area contributed by atoms with Gasteiger partial charge in [-0.1, -0.05) is 106 Å². The van der Waals surface area contributed by atoms with Gasteiger partial charge in [0, 0.05) is 38.5 Å². The van der Waals surface area contributed by atoms with Gasteiger partial charge in [-0.15, -0.1) is 0 Å². The second-order valence-electron chi connectivity index (χ2n) is 13.3. The van der Waals surface area contributed by atoms with E-state index in [0.717, 1.165) is 62.5 Å². The van der Waals surface area contributed by atoms with Gasteiger partial charge in [0.25, 0.3) is 0 Å². The van der Waals surface area contributed by atoms with Crippen molar-refractivity contribution in [3.05, 3.63) is 83.9 Å². The molecule has 48 heavy (non-hydrogen) atoms. The molecule has 1 saturated carbocycles. The third kappa shape index (κ3) is 9.56. The fourth-order valence-electron chi connectivity index (χ4n) is 7.50. The standard InChI is InChI=1S/C40H54O8/c1-5-6-7-8-18-25-35(47-30(2)41)38-34(24-17-9-10-19-26-37(43)44-4)40(27-36(38)48-31(3)42)45-28-39(29-46-40,32-20-13-11-14-21-32)33-22-15-12-16-23-33/h11-16,18,20-23,25,34-36,38H,5-10,17,19,24,26-29H2,1-4H3/b25-18+/t34-,35+,36-,38+/m1/s1. The van der Waals surface area contributed by atoms with Gasteiger partial charge in [-0.3, -0.25) is 14.4 Å². The zero-order valence-corrected chi connectivity index (χ0v) is 29.2. The molecule has 2 aliphatic rings. The number of methoxy groups -OCH3 is 1. The molecule has 0 N–H and O–H groups in total. The van der Waals surface area contributed by atoms with Gasteiger partial charge in [0.05, 0.1) is 25.7 Å². The third-order valence-electron chi connectivity index (χ3n) is 9.90. The summed E-state index contributed by atoms with van der Waals surface area (Å²) < 4.78 is 30.8. The van der Waals surface area contributed by atoms with Gasteiger partial charge in [-0.2, -0.15) is 0 Å². The van der Waals surface area contributed by atoms with E-state index in [0.29, 0.717) is 32.5 Å². The first-order valence-electron chi connectivity index (χ1n) is 17.7. The number of esters is 3. The van der Waals surface area contributed by atoms with Crippen molar-refractivity contribution >= 4 is 17.9 Å². The van der Waals surface area contributed by atoms with Crippen LogP contribution >= 0.6 is 0 Å². The Bertz CT molecular complexity index is 1270. The minimum Gasteiger partial charge on any atom is -0.469 e. The minimum atomic E-state index is -1.04. The Morgan fingerprint density at radius 1 is 0.854 bits per heavy atom. The number of hydrogen-bond acceptors (Lipinski definition) is 8. The van der Waals surface area contributed by atoms with E-state index >= 15 is 0 Å². The van der Waals surface area contributed by atoms with Crippen molar-refractivity contribution in [1.29, 1.82) is 0 Å². The maximum absolute atomic E-state index is 12.5. The molecule has 0 bridgehead atoms. The third-order valence-corrected chi connectivity index (χ3v) is 9.90. The van der Waals surface area contributed by atoms with Crippen molar-refractivity contribution in [3.8, 4) is 0 Å². The lowest BCUT2D eigenvalue weighted by molar-refractivity contribution is -0.306. The van der Waals surface area contributed by atoms with E-state index in [1.165, 1.54) is 21.0 Å². The van der Waals surface area contributed by atoms with Gasteiger partial charge in [0.15, 0.2) is 5.79 Å². The molecular formula is C40H54O8. The van der Waals surface area contributed by atoms with Gasteiger partial charge in [-0.25, -0.2) is 0 Å². The summed E-state index contributed by atoms with van der Waals surface area (Å²) in [6.07, 6.45) is 11.9. The van der Waals surface area contributed by atoms with Gasteiger partial charge in [0.2, 0.25) is 0 Å². The zero-order valence-electron chi connectivity index (χ0n) is 29.2. The summed E-state index contributed by atoms with van der Waals surface area (Å²) in [5, 5.41) is 0. The van der Waals surface area contributed by atoms with Crippen molar-refractivity contribution < 1.29 is 38.1 Å². The molecule has 1 heterocycles. The average Bonchev–Trinajstić information content (AvgIpc) is 3.37. The largest absolute Gasteiger partial charge is 0.469 e. The highest BCUT2D eigenvalue weighted by Gasteiger charge is 2.62. The number of carbonyl (C=O) groups excluding carboxylic acids is 3. The van der Waals surface area contributed by atoms with Crippen LogP contribution in [0.5, 0.6) is 0 Å². The smallest absolute Gasteiger partial charge is 0.305 e. The average molecular weight is 663 g/mol. The Morgan fingerprint density at radius 2 is 1.48 bits per heavy atom. The summed E-state index contributed by atoms with van der Waals surface area (Å²) >= 11 is 0. The summed E-state index contributed by atoms with van der Waals surface area (Å²) in [6, 6.07) is 20.6. The first-order chi connectivity index (χ1) is 23.2. The van der Waals surface area contributed by atoms with E-state index in [1.54, 1.807) is 0 Å². The fourth-order valence-corrected chi connectivity index (χ4v) is 7.50. The molecule has 8 nitrogen and oxygen atoms in total. The van der Waals surface area contributed by atoms with Crippen LogP contribution in [0.25, 0.3) is 0 Å². The summed E-state index contributed by atoms with van der Waals surface area (Å²) in [4.78, 5) is 36.7. The molecule has 2 aromatic carbocycles. The van der Waals surface area contributed by atoms with E-state index in [1.807, 2.05) is 42.5 Å². The van der Waals surface area contributed by atoms with Crippen molar-refractivity contribution in [2.45, 2.75) is 115 Å². The summed E-state index contributed by atoms with van der Waals surface area (Å²) in [5.41, 5.74) is 1.68. The Labute approximate surface area is 286 Å². The molecule has 1 spiro atoms. The highest BCUT2D eigenvalue weighted by atomic mass is 16.7. The number of carbonyl (C=O) groups is 3. The Kier molecular flexibility index (Phi) is 14.2. The van der Waals surface area contributed by atoms with Crippen LogP contribution in [0.4, 0.5) is 0 Å². The van der Waals surface area contributed by atoms with Crippen LogP contribution in [0.3, 0.4) is 0 Å². The summed E-state index contributed by atoms with van der Waals surface area (Å²) in [5.74, 6) is -2.62. The maximum atomic E-state index is 12.5. The van der Waals surface area contributed by atoms with Crippen LogP contribution in [-0.4, -0.2) is 56.2 Å². The van der Waals surface area contributed by atoms with Gasteiger partial charge >= 0.3 is 17.9 Å². The minimum absolute atomic E-state index is 0.201. The molecule has 2 aromatic rings. The van der Waals surface area contributed by atoms with E-state index in [4.69, 9.17) is 23.7 Å². The molecule has 4 rings (SSSR count). The molecule has 1 saturated heterocycles. The van der Waals surface area contributed by atoms with Crippen molar-refractivity contribution in [2.75, 3.05) is 20.3 Å². The molecule has 2 fully saturated rings. The van der Waals surface area contributed by atoms with Gasteiger partial charge < -0.3 is 23.7 Å². The number of rotatable bonds is 17. The van der Waals surface area contributed by atoms with E-state index < -0.39 is 29.4 Å². The summed E-state index contributed by atoms with van der Waals surface area (Å²) in [6.45, 7) is 5.75. The number of allylic oxidation sites excluding steroid dienone is 1. The summed E-state index contributed by atoms with van der Waals surface area (Å²) in [7, 11) is 1.41. The van der Waals surface area contributed by atoms with Crippen LogP contribution in [0.2, 0.25) is 0 Å². The highest BCUT2D eigenvalue weighted by molar-refractivity contribution is 5.69. The molecule has 4 atom stereocenters. The Balaban J connectivity index is 1.67. The Morgan fingerprint density at radius 3 is 2.04 bits per heavy atom. The predicted octanol–water partition coefficient (Wildman–Crippen LogP) is 7.87. The SMILES string of the molecule is CCCCC/C=C/[C@H](OC(C)=O)[C@@H]1[C@@H](CCCCCCC(=O)OC)C2(C[C@H]1OC(C)=O)OCC(c1ccccc1)(c1ccccc1)CO2. The van der Waals surface area contributed by atoms with E-state index in [-0.39, 0.29) is 23.8 Å². The van der Waals surface area contributed by atoms with Crippen molar-refractivity contribution in [1.82, 2.24) is 0 Å². The molecule has 1 aliphatic heterocycles. The first kappa shape index (κ1) is 37.3. The molecule has 8 heteroatoms. The predicted molar refractivity (Wildman–Crippen MR) is 184 cm³/mol. The second-order valence-corrected chi connectivity index (χ2v) is 13.3. The van der Waals surface area contributed by atoms with Crippen LogP contribution in [-0.2, 0) is 43.5 Å². The van der Waals surface area contributed by atoms with Crippen LogP contribution in [0.1, 0.15) is 103 Å². The number of benzene rings is 2. The topological polar surface area (TPSA) is 97.4 Å². The van der Waals surface area contributed by atoms with Crippen LogP contribution in [0.15, 0.2) is 72.8 Å². The lowest BCUT2D eigenvalue weighted by atomic mass is 9.74. The monoisotopic (exact) mass is 662 g/mol. The molecule has 0 unspecified atom stereocenters. The van der Waals surface area contributed by atoms with E-state index in [9.17, 15) is 14.4 Å². The molecule has 1 aliphatic carbocycles. The highest BCUT2D eigenvalue weighted by Crippen LogP contribution is 2.53.